The molecule has 0 bridgehead atoms. The minimum absolute atomic E-state index is 0.302. The zero-order chi connectivity index (χ0) is 12.0. The molecule has 0 fully saturated rings. The number of nitrogens with one attached hydrogen (secondary N) is 1. The molecule has 1 nitrogen and oxygen atoms in total. The summed E-state index contributed by atoms with van der Waals surface area (Å²) in [7, 11) is 0. The van der Waals surface area contributed by atoms with E-state index in [9.17, 15) is 8.78 Å². The van der Waals surface area contributed by atoms with Crippen molar-refractivity contribution in [2.24, 2.45) is 0 Å². The van der Waals surface area contributed by atoms with E-state index >= 15 is 0 Å². The molecule has 3 heteroatoms. The minimum atomic E-state index is -0.803. The fourth-order valence-electron chi connectivity index (χ4n) is 1.41. The van der Waals surface area contributed by atoms with Crippen molar-refractivity contribution in [2.75, 3.05) is 13.1 Å². The van der Waals surface area contributed by atoms with E-state index < -0.39 is 11.6 Å². The van der Waals surface area contributed by atoms with E-state index in [4.69, 9.17) is 0 Å². The second kappa shape index (κ2) is 6.38. The number of hydrogen-bond donors (Lipinski definition) is 1. The van der Waals surface area contributed by atoms with Gasteiger partial charge in [-0.1, -0.05) is 30.7 Å². The lowest BCUT2D eigenvalue weighted by Crippen LogP contribution is -2.16. The molecule has 0 atom stereocenters. The number of benzene rings is 1. The lowest BCUT2D eigenvalue weighted by Gasteiger charge is -2.04. The normalized spacial score (nSPS) is 11.9. The average Bonchev–Trinajstić information content (AvgIpc) is 2.25. The molecule has 1 aromatic rings. The molecule has 1 aromatic carbocycles. The summed E-state index contributed by atoms with van der Waals surface area (Å²) in [6.45, 7) is 5.60. The number of rotatable bonds is 5. The highest BCUT2D eigenvalue weighted by molar-refractivity contribution is 5.53. The van der Waals surface area contributed by atoms with Crippen LogP contribution in [0, 0.1) is 11.6 Å². The zero-order valence-electron chi connectivity index (χ0n) is 9.69. The molecule has 16 heavy (non-hydrogen) atoms. The maximum absolute atomic E-state index is 13.3. The van der Waals surface area contributed by atoms with Crippen LogP contribution in [0.5, 0.6) is 0 Å². The summed E-state index contributed by atoms with van der Waals surface area (Å²) in [5, 5.41) is 3.20. The molecule has 88 valence electrons. The van der Waals surface area contributed by atoms with Crippen LogP contribution in [0.25, 0.3) is 6.08 Å². The van der Waals surface area contributed by atoms with Crippen LogP contribution in [-0.4, -0.2) is 13.1 Å². The molecular weight excluding hydrogens is 208 g/mol. The maximum Gasteiger partial charge on any atom is 0.166 e. The second-order valence-corrected chi connectivity index (χ2v) is 3.81. The Morgan fingerprint density at radius 3 is 2.81 bits per heavy atom. The summed E-state index contributed by atoms with van der Waals surface area (Å²) in [5.74, 6) is -1.58. The molecule has 0 aliphatic rings. The molecule has 1 N–H and O–H groups in total. The van der Waals surface area contributed by atoms with E-state index in [0.29, 0.717) is 12.1 Å². The van der Waals surface area contributed by atoms with Gasteiger partial charge in [0.15, 0.2) is 11.6 Å². The Labute approximate surface area is 95.2 Å². The van der Waals surface area contributed by atoms with Gasteiger partial charge in [-0.2, -0.15) is 0 Å². The lowest BCUT2D eigenvalue weighted by molar-refractivity contribution is 0.507. The standard InChI is InChI=1S/C13H17F2N/c1-3-7-16-9-10(2)8-11-5-4-6-12(14)13(11)15/h4-6,8,16H,3,7,9H2,1-2H3. The lowest BCUT2D eigenvalue weighted by atomic mass is 10.1. The van der Waals surface area contributed by atoms with Crippen molar-refractivity contribution in [1.82, 2.24) is 5.32 Å². The molecule has 0 unspecified atom stereocenters. The zero-order valence-corrected chi connectivity index (χ0v) is 9.69. The van der Waals surface area contributed by atoms with Gasteiger partial charge in [0.1, 0.15) is 0 Å². The molecule has 0 radical (unpaired) electrons. The second-order valence-electron chi connectivity index (χ2n) is 3.81. The highest BCUT2D eigenvalue weighted by atomic mass is 19.2. The summed E-state index contributed by atoms with van der Waals surface area (Å²) in [6, 6.07) is 4.20. The highest BCUT2D eigenvalue weighted by Crippen LogP contribution is 2.14. The summed E-state index contributed by atoms with van der Waals surface area (Å²) < 4.78 is 26.2. The first-order valence-electron chi connectivity index (χ1n) is 5.47. The molecular formula is C13H17F2N. The quantitative estimate of drug-likeness (QED) is 0.758. The van der Waals surface area contributed by atoms with Crippen molar-refractivity contribution < 1.29 is 8.78 Å². The van der Waals surface area contributed by atoms with E-state index in [1.165, 1.54) is 6.07 Å². The van der Waals surface area contributed by atoms with Gasteiger partial charge in [-0.25, -0.2) is 8.78 Å². The van der Waals surface area contributed by atoms with Crippen molar-refractivity contribution in [3.63, 3.8) is 0 Å². The van der Waals surface area contributed by atoms with Crippen molar-refractivity contribution in [3.8, 4) is 0 Å². The molecule has 0 heterocycles. The molecule has 0 aromatic heterocycles. The van der Waals surface area contributed by atoms with E-state index in [0.717, 1.165) is 24.6 Å². The first-order chi connectivity index (χ1) is 7.65. The van der Waals surface area contributed by atoms with Crippen molar-refractivity contribution in [2.45, 2.75) is 20.3 Å². The van der Waals surface area contributed by atoms with Crippen LogP contribution in [0.4, 0.5) is 8.78 Å². The predicted octanol–water partition coefficient (Wildman–Crippen LogP) is 3.37. The van der Waals surface area contributed by atoms with Crippen LogP contribution in [0.15, 0.2) is 23.8 Å². The monoisotopic (exact) mass is 225 g/mol. The average molecular weight is 225 g/mol. The van der Waals surface area contributed by atoms with Gasteiger partial charge >= 0.3 is 0 Å². The third-order valence-electron chi connectivity index (χ3n) is 2.21. The minimum Gasteiger partial charge on any atom is -0.313 e. The fourth-order valence-corrected chi connectivity index (χ4v) is 1.41. The summed E-state index contributed by atoms with van der Waals surface area (Å²) in [6.07, 6.45) is 2.72. The molecule has 1 rings (SSSR count). The predicted molar refractivity (Wildman–Crippen MR) is 63.2 cm³/mol. The van der Waals surface area contributed by atoms with Crippen molar-refractivity contribution >= 4 is 6.08 Å². The van der Waals surface area contributed by atoms with Crippen LogP contribution < -0.4 is 5.32 Å². The van der Waals surface area contributed by atoms with Gasteiger partial charge in [0.05, 0.1) is 0 Å². The van der Waals surface area contributed by atoms with Gasteiger partial charge in [-0.05, 0) is 26.0 Å². The Bertz CT molecular complexity index is 372. The SMILES string of the molecule is CCCNCC(C)=Cc1cccc(F)c1F. The van der Waals surface area contributed by atoms with Gasteiger partial charge in [-0.3, -0.25) is 0 Å². The van der Waals surface area contributed by atoms with Gasteiger partial charge in [-0.15, -0.1) is 0 Å². The number of hydrogen-bond acceptors (Lipinski definition) is 1. The Kier molecular flexibility index (Phi) is 5.12. The number of halogens is 2. The summed E-state index contributed by atoms with van der Waals surface area (Å²) >= 11 is 0. The molecule has 0 amide bonds. The largest absolute Gasteiger partial charge is 0.313 e. The van der Waals surface area contributed by atoms with Crippen LogP contribution >= 0.6 is 0 Å². The van der Waals surface area contributed by atoms with Crippen LogP contribution in [0.3, 0.4) is 0 Å². The first kappa shape index (κ1) is 12.8. The Morgan fingerprint density at radius 2 is 2.12 bits per heavy atom. The highest BCUT2D eigenvalue weighted by Gasteiger charge is 2.04. The van der Waals surface area contributed by atoms with Crippen molar-refractivity contribution in [1.29, 1.82) is 0 Å². The van der Waals surface area contributed by atoms with E-state index in [1.54, 1.807) is 12.1 Å². The third-order valence-corrected chi connectivity index (χ3v) is 2.21. The Hall–Kier alpha value is -1.22. The summed E-state index contributed by atoms with van der Waals surface area (Å²) in [5.41, 5.74) is 1.29. The van der Waals surface area contributed by atoms with Crippen LogP contribution in [0.1, 0.15) is 25.8 Å². The van der Waals surface area contributed by atoms with Crippen LogP contribution in [0.2, 0.25) is 0 Å². The van der Waals surface area contributed by atoms with Crippen LogP contribution in [-0.2, 0) is 0 Å². The Morgan fingerprint density at radius 1 is 1.38 bits per heavy atom. The van der Waals surface area contributed by atoms with E-state index in [1.807, 2.05) is 6.92 Å². The van der Waals surface area contributed by atoms with Gasteiger partial charge in [0.25, 0.3) is 0 Å². The first-order valence-corrected chi connectivity index (χ1v) is 5.47. The van der Waals surface area contributed by atoms with Gasteiger partial charge in [0, 0.05) is 12.1 Å². The van der Waals surface area contributed by atoms with E-state index in [2.05, 4.69) is 12.2 Å². The third kappa shape index (κ3) is 3.74. The Balaban J connectivity index is 2.70. The molecule has 0 saturated carbocycles. The van der Waals surface area contributed by atoms with Gasteiger partial charge < -0.3 is 5.32 Å². The summed E-state index contributed by atoms with van der Waals surface area (Å²) in [4.78, 5) is 0. The smallest absolute Gasteiger partial charge is 0.166 e. The molecule has 0 aliphatic heterocycles. The maximum atomic E-state index is 13.3. The molecule has 0 spiro atoms. The fraction of sp³-hybridized carbons (Fsp3) is 0.385. The molecule has 0 saturated heterocycles. The van der Waals surface area contributed by atoms with E-state index in [-0.39, 0.29) is 0 Å². The van der Waals surface area contributed by atoms with Gasteiger partial charge in [0.2, 0.25) is 0 Å². The topological polar surface area (TPSA) is 12.0 Å². The van der Waals surface area contributed by atoms with Crippen molar-refractivity contribution in [3.05, 3.63) is 41.0 Å². The molecule has 0 aliphatic carbocycles.